The van der Waals surface area contributed by atoms with Gasteiger partial charge in [-0.05, 0) is 42.7 Å². The van der Waals surface area contributed by atoms with Crippen LogP contribution in [0.3, 0.4) is 0 Å². The molecule has 2 atom stereocenters. The van der Waals surface area contributed by atoms with Crippen LogP contribution in [0.2, 0.25) is 0 Å². The number of aliphatic carboxylic acids is 2. The summed E-state index contributed by atoms with van der Waals surface area (Å²) in [6.45, 7) is 7.67. The molecule has 0 aromatic carbocycles. The standard InChI is InChI=1S/C17H25N3.2C2HF3O2/c1-2-7-18-17(6-1)13-20-11-15-9-19(10-16(15)12-20)8-14-4-3-5-14;2*3-2(4,5)1(6)7/h1-2,6-7,14-16H,3-5,8-13H2;2*(H,6,7)/t15-,16+;;. The third-order valence-electron chi connectivity index (χ3n) is 5.98. The maximum atomic E-state index is 10.6. The minimum absolute atomic E-state index is 0.916. The van der Waals surface area contributed by atoms with Crippen LogP contribution in [-0.4, -0.2) is 82.0 Å². The van der Waals surface area contributed by atoms with Gasteiger partial charge in [0, 0.05) is 45.5 Å². The van der Waals surface area contributed by atoms with Crippen molar-refractivity contribution in [1.82, 2.24) is 14.8 Å². The predicted octanol–water partition coefficient (Wildman–Crippen LogP) is 3.51. The number of likely N-dealkylation sites (tertiary alicyclic amines) is 2. The van der Waals surface area contributed by atoms with Gasteiger partial charge in [0.2, 0.25) is 0 Å². The van der Waals surface area contributed by atoms with Crippen molar-refractivity contribution < 1.29 is 46.1 Å². The van der Waals surface area contributed by atoms with E-state index in [1.54, 1.807) is 0 Å². The first-order chi connectivity index (χ1) is 15.8. The van der Waals surface area contributed by atoms with Gasteiger partial charge in [0.05, 0.1) is 5.69 Å². The molecule has 2 aliphatic heterocycles. The van der Waals surface area contributed by atoms with Gasteiger partial charge in [0.15, 0.2) is 0 Å². The largest absolute Gasteiger partial charge is 0.490 e. The summed E-state index contributed by atoms with van der Waals surface area (Å²) in [5, 5.41) is 14.2. The van der Waals surface area contributed by atoms with Gasteiger partial charge in [0.25, 0.3) is 0 Å². The lowest BCUT2D eigenvalue weighted by Gasteiger charge is -2.30. The van der Waals surface area contributed by atoms with E-state index >= 15 is 0 Å². The normalized spacial score (nSPS) is 23.1. The van der Waals surface area contributed by atoms with E-state index in [1.165, 1.54) is 57.7 Å². The zero-order chi connectivity index (χ0) is 25.5. The molecule has 7 nitrogen and oxygen atoms in total. The highest BCUT2D eigenvalue weighted by Crippen LogP contribution is 2.34. The monoisotopic (exact) mass is 499 g/mol. The lowest BCUT2D eigenvalue weighted by Crippen LogP contribution is -2.34. The van der Waals surface area contributed by atoms with Gasteiger partial charge >= 0.3 is 24.3 Å². The molecule has 13 heteroatoms. The number of aromatic nitrogens is 1. The molecule has 1 aromatic rings. The van der Waals surface area contributed by atoms with Crippen molar-refractivity contribution in [1.29, 1.82) is 0 Å². The van der Waals surface area contributed by atoms with Crippen molar-refractivity contribution in [2.45, 2.75) is 38.2 Å². The number of carboxylic acid groups (broad SMARTS) is 2. The first kappa shape index (κ1) is 27.8. The third-order valence-corrected chi connectivity index (χ3v) is 5.98. The molecule has 192 valence electrons. The lowest BCUT2D eigenvalue weighted by atomic mass is 9.85. The fraction of sp³-hybridized carbons (Fsp3) is 0.667. The Morgan fingerprint density at radius 1 is 0.882 bits per heavy atom. The average molecular weight is 499 g/mol. The van der Waals surface area contributed by atoms with E-state index < -0.39 is 24.3 Å². The molecular weight excluding hydrogens is 472 g/mol. The topological polar surface area (TPSA) is 94.0 Å². The number of hydrogen-bond donors (Lipinski definition) is 2. The Balaban J connectivity index is 0.000000244. The van der Waals surface area contributed by atoms with E-state index in [0.717, 1.165) is 24.3 Å². The Morgan fingerprint density at radius 2 is 1.35 bits per heavy atom. The van der Waals surface area contributed by atoms with E-state index in [4.69, 9.17) is 19.8 Å². The Hall–Kier alpha value is -2.41. The van der Waals surface area contributed by atoms with Gasteiger partial charge in [-0.2, -0.15) is 26.3 Å². The third kappa shape index (κ3) is 9.09. The van der Waals surface area contributed by atoms with Crippen molar-refractivity contribution >= 4 is 11.9 Å². The van der Waals surface area contributed by atoms with Gasteiger partial charge in [-0.3, -0.25) is 9.88 Å². The van der Waals surface area contributed by atoms with Crippen molar-refractivity contribution in [2.75, 3.05) is 32.7 Å². The number of pyridine rings is 1. The van der Waals surface area contributed by atoms with Crippen LogP contribution in [0.25, 0.3) is 0 Å². The summed E-state index contributed by atoms with van der Waals surface area (Å²) >= 11 is 0. The number of fused-ring (bicyclic) bond motifs is 1. The van der Waals surface area contributed by atoms with Crippen LogP contribution >= 0.6 is 0 Å². The molecule has 0 radical (unpaired) electrons. The van der Waals surface area contributed by atoms with Crippen molar-refractivity contribution in [2.24, 2.45) is 17.8 Å². The van der Waals surface area contributed by atoms with Crippen LogP contribution < -0.4 is 0 Å². The van der Waals surface area contributed by atoms with E-state index in [9.17, 15) is 26.3 Å². The van der Waals surface area contributed by atoms with E-state index in [-0.39, 0.29) is 0 Å². The van der Waals surface area contributed by atoms with Crippen LogP contribution in [0, 0.1) is 17.8 Å². The molecule has 0 spiro atoms. The van der Waals surface area contributed by atoms with Crippen LogP contribution in [0.5, 0.6) is 0 Å². The minimum Gasteiger partial charge on any atom is -0.475 e. The molecule has 2 saturated heterocycles. The van der Waals surface area contributed by atoms with Gasteiger partial charge < -0.3 is 15.1 Å². The van der Waals surface area contributed by atoms with E-state index in [0.29, 0.717) is 0 Å². The van der Waals surface area contributed by atoms with Gasteiger partial charge in [0.1, 0.15) is 0 Å². The minimum atomic E-state index is -5.08. The molecule has 1 saturated carbocycles. The van der Waals surface area contributed by atoms with Crippen molar-refractivity contribution in [3.8, 4) is 0 Å². The summed E-state index contributed by atoms with van der Waals surface area (Å²) in [5.41, 5.74) is 1.22. The number of rotatable bonds is 4. The molecule has 3 aliphatic rings. The molecule has 0 amide bonds. The summed E-state index contributed by atoms with van der Waals surface area (Å²) in [4.78, 5) is 27.6. The summed E-state index contributed by atoms with van der Waals surface area (Å²) < 4.78 is 63.5. The summed E-state index contributed by atoms with van der Waals surface area (Å²) in [7, 11) is 0. The van der Waals surface area contributed by atoms with Gasteiger partial charge in [-0.1, -0.05) is 12.5 Å². The highest BCUT2D eigenvalue weighted by Gasteiger charge is 2.41. The van der Waals surface area contributed by atoms with Gasteiger partial charge in [-0.15, -0.1) is 0 Å². The fourth-order valence-corrected chi connectivity index (χ4v) is 4.23. The second kappa shape index (κ2) is 11.8. The highest BCUT2D eigenvalue weighted by molar-refractivity contribution is 5.73. The van der Waals surface area contributed by atoms with Crippen LogP contribution in [-0.2, 0) is 16.1 Å². The maximum absolute atomic E-state index is 10.6. The zero-order valence-corrected chi connectivity index (χ0v) is 18.2. The maximum Gasteiger partial charge on any atom is 0.490 e. The number of carbonyl (C=O) groups is 2. The summed E-state index contributed by atoms with van der Waals surface area (Å²) in [6, 6.07) is 6.25. The Kier molecular flexibility index (Phi) is 9.68. The molecular formula is C21H27F6N3O4. The Labute approximate surface area is 192 Å². The molecule has 4 rings (SSSR count). The smallest absolute Gasteiger partial charge is 0.475 e. The molecule has 1 aliphatic carbocycles. The number of nitrogens with zero attached hydrogens (tertiary/aromatic N) is 3. The van der Waals surface area contributed by atoms with Gasteiger partial charge in [-0.25, -0.2) is 9.59 Å². The van der Waals surface area contributed by atoms with Crippen LogP contribution in [0.1, 0.15) is 25.0 Å². The molecule has 1 aromatic heterocycles. The second-order valence-electron chi connectivity index (χ2n) is 8.66. The first-order valence-electron chi connectivity index (χ1n) is 10.7. The first-order valence-corrected chi connectivity index (χ1v) is 10.7. The number of carboxylic acids is 2. The number of hydrogen-bond acceptors (Lipinski definition) is 5. The Morgan fingerprint density at radius 3 is 1.71 bits per heavy atom. The fourth-order valence-electron chi connectivity index (χ4n) is 4.23. The average Bonchev–Trinajstić information content (AvgIpc) is 3.23. The highest BCUT2D eigenvalue weighted by atomic mass is 19.4. The molecule has 2 N–H and O–H groups in total. The van der Waals surface area contributed by atoms with E-state index in [1.807, 2.05) is 12.3 Å². The number of halogens is 6. The van der Waals surface area contributed by atoms with Crippen molar-refractivity contribution in [3.63, 3.8) is 0 Å². The molecule has 0 unspecified atom stereocenters. The lowest BCUT2D eigenvalue weighted by molar-refractivity contribution is -0.193. The molecule has 34 heavy (non-hydrogen) atoms. The van der Waals surface area contributed by atoms with Crippen LogP contribution in [0.4, 0.5) is 26.3 Å². The molecule has 3 heterocycles. The van der Waals surface area contributed by atoms with E-state index in [2.05, 4.69) is 26.9 Å². The Bertz CT molecular complexity index is 764. The second-order valence-corrected chi connectivity index (χ2v) is 8.66. The molecule has 0 bridgehead atoms. The summed E-state index contributed by atoms with van der Waals surface area (Å²) in [6.07, 6.45) is -3.81. The SMILES string of the molecule is O=C(O)C(F)(F)F.O=C(O)C(F)(F)F.c1ccc(CN2C[C@@H]3CN(CC4CCC4)C[C@@H]3C2)nc1. The zero-order valence-electron chi connectivity index (χ0n) is 18.2. The number of alkyl halides is 6. The predicted molar refractivity (Wildman–Crippen MR) is 108 cm³/mol. The quantitative estimate of drug-likeness (QED) is 0.613. The summed E-state index contributed by atoms with van der Waals surface area (Å²) in [5.74, 6) is -2.66. The van der Waals surface area contributed by atoms with Crippen molar-refractivity contribution in [3.05, 3.63) is 30.1 Å². The van der Waals surface area contributed by atoms with Crippen LogP contribution in [0.15, 0.2) is 24.4 Å². The molecule has 3 fully saturated rings.